The van der Waals surface area contributed by atoms with Crippen molar-refractivity contribution < 1.29 is 9.47 Å². The summed E-state index contributed by atoms with van der Waals surface area (Å²) in [5.74, 6) is 1.99. The van der Waals surface area contributed by atoms with E-state index >= 15 is 0 Å². The van der Waals surface area contributed by atoms with Crippen molar-refractivity contribution in [3.63, 3.8) is 0 Å². The Kier molecular flexibility index (Phi) is 5.21. The van der Waals surface area contributed by atoms with Crippen molar-refractivity contribution in [1.29, 1.82) is 0 Å². The zero-order valence-electron chi connectivity index (χ0n) is 13.2. The van der Waals surface area contributed by atoms with E-state index in [1.807, 2.05) is 18.2 Å². The molecule has 0 radical (unpaired) electrons. The molecule has 23 heavy (non-hydrogen) atoms. The van der Waals surface area contributed by atoms with E-state index in [0.29, 0.717) is 24.4 Å². The van der Waals surface area contributed by atoms with Gasteiger partial charge >= 0.3 is 0 Å². The van der Waals surface area contributed by atoms with E-state index in [0.717, 1.165) is 37.4 Å². The van der Waals surface area contributed by atoms with E-state index in [1.165, 1.54) is 0 Å². The Morgan fingerprint density at radius 1 is 1.30 bits per heavy atom. The number of methoxy groups -OCH3 is 1. The Balaban J connectivity index is 1.58. The molecule has 1 saturated heterocycles. The SMILES string of the molecule is COc1cc(CNc2nccc(N[C@H]3CCCOC3)n2)ccn1. The largest absolute Gasteiger partial charge is 0.481 e. The van der Waals surface area contributed by atoms with Gasteiger partial charge in [0, 0.05) is 31.6 Å². The minimum atomic E-state index is 0.316. The van der Waals surface area contributed by atoms with E-state index in [-0.39, 0.29) is 0 Å². The zero-order valence-corrected chi connectivity index (χ0v) is 13.2. The Labute approximate surface area is 135 Å². The molecule has 2 N–H and O–H groups in total. The molecule has 1 aliphatic heterocycles. The predicted molar refractivity (Wildman–Crippen MR) is 87.6 cm³/mol. The van der Waals surface area contributed by atoms with Gasteiger partial charge in [0.25, 0.3) is 0 Å². The normalized spacial score (nSPS) is 17.5. The quantitative estimate of drug-likeness (QED) is 0.844. The number of pyridine rings is 1. The average molecular weight is 315 g/mol. The lowest BCUT2D eigenvalue weighted by Crippen LogP contribution is -2.30. The highest BCUT2D eigenvalue weighted by molar-refractivity contribution is 5.41. The summed E-state index contributed by atoms with van der Waals surface area (Å²) >= 11 is 0. The number of aromatic nitrogens is 3. The Morgan fingerprint density at radius 2 is 2.22 bits per heavy atom. The van der Waals surface area contributed by atoms with Crippen LogP contribution >= 0.6 is 0 Å². The zero-order chi connectivity index (χ0) is 15.9. The lowest BCUT2D eigenvalue weighted by Gasteiger charge is -2.23. The third kappa shape index (κ3) is 4.53. The fourth-order valence-electron chi connectivity index (χ4n) is 2.44. The Morgan fingerprint density at radius 3 is 3.04 bits per heavy atom. The van der Waals surface area contributed by atoms with Gasteiger partial charge in [-0.25, -0.2) is 9.97 Å². The first-order valence-electron chi connectivity index (χ1n) is 7.73. The van der Waals surface area contributed by atoms with Crippen LogP contribution in [0.1, 0.15) is 18.4 Å². The lowest BCUT2D eigenvalue weighted by molar-refractivity contribution is 0.0875. The molecule has 2 aromatic heterocycles. The molecule has 3 rings (SSSR count). The molecule has 7 heteroatoms. The fraction of sp³-hybridized carbons (Fsp3) is 0.438. The summed E-state index contributed by atoms with van der Waals surface area (Å²) in [4.78, 5) is 12.8. The van der Waals surface area contributed by atoms with Gasteiger partial charge < -0.3 is 20.1 Å². The van der Waals surface area contributed by atoms with Crippen LogP contribution in [0.4, 0.5) is 11.8 Å². The smallest absolute Gasteiger partial charge is 0.224 e. The first kappa shape index (κ1) is 15.5. The molecule has 122 valence electrons. The van der Waals surface area contributed by atoms with Crippen LogP contribution in [0.25, 0.3) is 0 Å². The third-order valence-electron chi connectivity index (χ3n) is 3.63. The van der Waals surface area contributed by atoms with Gasteiger partial charge in [-0.1, -0.05) is 0 Å². The Bertz CT molecular complexity index is 631. The van der Waals surface area contributed by atoms with E-state index in [2.05, 4.69) is 25.6 Å². The van der Waals surface area contributed by atoms with Crippen LogP contribution in [0.2, 0.25) is 0 Å². The van der Waals surface area contributed by atoms with Gasteiger partial charge in [-0.2, -0.15) is 4.98 Å². The summed E-state index contributed by atoms with van der Waals surface area (Å²) in [6.45, 7) is 2.18. The van der Waals surface area contributed by atoms with Crippen molar-refractivity contribution in [2.45, 2.75) is 25.4 Å². The van der Waals surface area contributed by atoms with Crippen LogP contribution in [0.15, 0.2) is 30.6 Å². The van der Waals surface area contributed by atoms with Crippen LogP contribution in [0, 0.1) is 0 Å². The molecule has 0 unspecified atom stereocenters. The van der Waals surface area contributed by atoms with Crippen LogP contribution < -0.4 is 15.4 Å². The molecule has 0 bridgehead atoms. The van der Waals surface area contributed by atoms with Crippen LogP contribution in [-0.2, 0) is 11.3 Å². The maximum atomic E-state index is 5.47. The van der Waals surface area contributed by atoms with Gasteiger partial charge in [0.05, 0.1) is 19.8 Å². The lowest BCUT2D eigenvalue weighted by atomic mass is 10.1. The molecular formula is C16H21N5O2. The predicted octanol–water partition coefficient (Wildman–Crippen LogP) is 2.08. The van der Waals surface area contributed by atoms with Gasteiger partial charge in [-0.05, 0) is 30.5 Å². The van der Waals surface area contributed by atoms with Crippen molar-refractivity contribution in [1.82, 2.24) is 15.0 Å². The second-order valence-corrected chi connectivity index (χ2v) is 5.38. The van der Waals surface area contributed by atoms with E-state index < -0.39 is 0 Å². The van der Waals surface area contributed by atoms with Gasteiger partial charge in [-0.3, -0.25) is 0 Å². The third-order valence-corrected chi connectivity index (χ3v) is 3.63. The number of hydrogen-bond acceptors (Lipinski definition) is 7. The van der Waals surface area contributed by atoms with Crippen molar-refractivity contribution in [3.05, 3.63) is 36.2 Å². The summed E-state index contributed by atoms with van der Waals surface area (Å²) in [6, 6.07) is 6.00. The number of ether oxygens (including phenoxy) is 2. The number of rotatable bonds is 6. The molecule has 1 aliphatic rings. The summed E-state index contributed by atoms with van der Waals surface area (Å²) in [6.07, 6.45) is 5.65. The van der Waals surface area contributed by atoms with Gasteiger partial charge in [0.2, 0.25) is 11.8 Å². The number of hydrogen-bond donors (Lipinski definition) is 2. The maximum absolute atomic E-state index is 5.47. The van der Waals surface area contributed by atoms with Crippen molar-refractivity contribution >= 4 is 11.8 Å². The molecule has 0 aliphatic carbocycles. The minimum absolute atomic E-state index is 0.316. The van der Waals surface area contributed by atoms with Crippen LogP contribution in [0.3, 0.4) is 0 Å². The van der Waals surface area contributed by atoms with Crippen LogP contribution in [0.5, 0.6) is 5.88 Å². The van der Waals surface area contributed by atoms with Gasteiger partial charge in [0.1, 0.15) is 5.82 Å². The number of anilines is 2. The van der Waals surface area contributed by atoms with Crippen molar-refractivity contribution in [2.24, 2.45) is 0 Å². The topological polar surface area (TPSA) is 81.2 Å². The molecule has 0 aromatic carbocycles. The standard InChI is InChI=1S/C16H21N5O2/c1-22-15-9-12(4-6-17-15)10-19-16-18-7-5-14(21-16)20-13-3-2-8-23-11-13/h4-7,9,13H,2-3,8,10-11H2,1H3,(H2,18,19,20,21)/t13-/m0/s1. The molecule has 1 atom stereocenters. The average Bonchev–Trinajstić information content (AvgIpc) is 2.61. The monoisotopic (exact) mass is 315 g/mol. The molecule has 3 heterocycles. The van der Waals surface area contributed by atoms with E-state index in [9.17, 15) is 0 Å². The summed E-state index contributed by atoms with van der Waals surface area (Å²) < 4.78 is 10.6. The molecule has 0 spiro atoms. The molecule has 2 aromatic rings. The van der Waals surface area contributed by atoms with Crippen molar-refractivity contribution in [3.8, 4) is 5.88 Å². The maximum Gasteiger partial charge on any atom is 0.224 e. The molecule has 7 nitrogen and oxygen atoms in total. The first-order valence-corrected chi connectivity index (χ1v) is 7.73. The highest BCUT2D eigenvalue weighted by atomic mass is 16.5. The van der Waals surface area contributed by atoms with Gasteiger partial charge in [-0.15, -0.1) is 0 Å². The molecule has 0 saturated carbocycles. The fourth-order valence-corrected chi connectivity index (χ4v) is 2.44. The summed E-state index contributed by atoms with van der Waals surface area (Å²) in [5, 5.41) is 6.60. The summed E-state index contributed by atoms with van der Waals surface area (Å²) in [7, 11) is 1.60. The van der Waals surface area contributed by atoms with Gasteiger partial charge in [0.15, 0.2) is 0 Å². The second-order valence-electron chi connectivity index (χ2n) is 5.38. The molecule has 0 amide bonds. The first-order chi connectivity index (χ1) is 11.3. The summed E-state index contributed by atoms with van der Waals surface area (Å²) in [5.41, 5.74) is 1.06. The molecular weight excluding hydrogens is 294 g/mol. The second kappa shape index (κ2) is 7.73. The van der Waals surface area contributed by atoms with E-state index in [1.54, 1.807) is 19.5 Å². The van der Waals surface area contributed by atoms with E-state index in [4.69, 9.17) is 9.47 Å². The highest BCUT2D eigenvalue weighted by Gasteiger charge is 2.14. The Hall–Kier alpha value is -2.41. The minimum Gasteiger partial charge on any atom is -0.481 e. The number of nitrogens with one attached hydrogen (secondary N) is 2. The highest BCUT2D eigenvalue weighted by Crippen LogP contribution is 2.14. The van der Waals surface area contributed by atoms with Crippen LogP contribution in [-0.4, -0.2) is 41.3 Å². The molecule has 1 fully saturated rings. The number of nitrogens with zero attached hydrogens (tertiary/aromatic N) is 3. The van der Waals surface area contributed by atoms with Crippen molar-refractivity contribution in [2.75, 3.05) is 31.0 Å².